The zero-order valence-electron chi connectivity index (χ0n) is 9.69. The van der Waals surface area contributed by atoms with E-state index < -0.39 is 0 Å². The highest BCUT2D eigenvalue weighted by molar-refractivity contribution is 4.90. The smallest absolute Gasteiger partial charge is 0.0950 e. The molecule has 2 unspecified atom stereocenters. The summed E-state index contributed by atoms with van der Waals surface area (Å²) in [6.45, 7) is 8.50. The lowest BCUT2D eigenvalue weighted by molar-refractivity contribution is 0.0656. The van der Waals surface area contributed by atoms with E-state index in [0.717, 1.165) is 39.1 Å². The van der Waals surface area contributed by atoms with Gasteiger partial charge in [-0.2, -0.15) is 5.26 Å². The number of rotatable bonds is 4. The highest BCUT2D eigenvalue weighted by Crippen LogP contribution is 2.06. The molecule has 4 nitrogen and oxygen atoms in total. The van der Waals surface area contributed by atoms with E-state index in [2.05, 4.69) is 15.9 Å². The van der Waals surface area contributed by atoms with Crippen molar-refractivity contribution in [2.45, 2.75) is 32.4 Å². The molecule has 4 heteroatoms. The summed E-state index contributed by atoms with van der Waals surface area (Å²) in [5.41, 5.74) is 0. The SMILES string of the molecule is CCC(O)CN1CCN(C(C)C#N)CC1. The molecule has 0 aromatic rings. The van der Waals surface area contributed by atoms with Crippen LogP contribution in [-0.2, 0) is 0 Å². The number of hydrogen-bond donors (Lipinski definition) is 1. The third kappa shape index (κ3) is 3.78. The van der Waals surface area contributed by atoms with Crippen molar-refractivity contribution in [1.82, 2.24) is 9.80 Å². The molecule has 1 aliphatic rings. The van der Waals surface area contributed by atoms with E-state index in [-0.39, 0.29) is 12.1 Å². The van der Waals surface area contributed by atoms with Gasteiger partial charge in [0.05, 0.1) is 18.2 Å². The van der Waals surface area contributed by atoms with E-state index in [4.69, 9.17) is 5.26 Å². The van der Waals surface area contributed by atoms with Crippen molar-refractivity contribution in [2.24, 2.45) is 0 Å². The Kier molecular flexibility index (Phi) is 5.03. The van der Waals surface area contributed by atoms with Gasteiger partial charge >= 0.3 is 0 Å². The first kappa shape index (κ1) is 12.4. The van der Waals surface area contributed by atoms with Crippen LogP contribution < -0.4 is 0 Å². The molecule has 15 heavy (non-hydrogen) atoms. The van der Waals surface area contributed by atoms with Gasteiger partial charge in [0, 0.05) is 32.7 Å². The van der Waals surface area contributed by atoms with Crippen molar-refractivity contribution in [3.63, 3.8) is 0 Å². The number of aliphatic hydroxyl groups excluding tert-OH is 1. The molecule has 86 valence electrons. The molecule has 0 aromatic heterocycles. The van der Waals surface area contributed by atoms with Crippen LogP contribution in [0.5, 0.6) is 0 Å². The first-order valence-corrected chi connectivity index (χ1v) is 5.71. The average molecular weight is 211 g/mol. The average Bonchev–Trinajstić information content (AvgIpc) is 2.29. The van der Waals surface area contributed by atoms with Crippen LogP contribution >= 0.6 is 0 Å². The maximum atomic E-state index is 9.52. The van der Waals surface area contributed by atoms with Crippen LogP contribution in [0.2, 0.25) is 0 Å². The van der Waals surface area contributed by atoms with Crippen LogP contribution in [0.4, 0.5) is 0 Å². The topological polar surface area (TPSA) is 50.5 Å². The second kappa shape index (κ2) is 6.06. The second-order valence-corrected chi connectivity index (χ2v) is 4.20. The van der Waals surface area contributed by atoms with Crippen molar-refractivity contribution < 1.29 is 5.11 Å². The fourth-order valence-corrected chi connectivity index (χ4v) is 1.84. The van der Waals surface area contributed by atoms with Gasteiger partial charge in [0.1, 0.15) is 0 Å². The molecule has 1 heterocycles. The van der Waals surface area contributed by atoms with Crippen LogP contribution in [0.1, 0.15) is 20.3 Å². The Morgan fingerprint density at radius 3 is 2.40 bits per heavy atom. The molecule has 0 amide bonds. The number of aliphatic hydroxyl groups is 1. The molecular weight excluding hydrogens is 190 g/mol. The summed E-state index contributed by atoms with van der Waals surface area (Å²) in [7, 11) is 0. The predicted molar refractivity (Wildman–Crippen MR) is 59.4 cm³/mol. The van der Waals surface area contributed by atoms with Crippen LogP contribution in [0.3, 0.4) is 0 Å². The largest absolute Gasteiger partial charge is 0.392 e. The van der Waals surface area contributed by atoms with Gasteiger partial charge in [0.15, 0.2) is 0 Å². The van der Waals surface area contributed by atoms with Crippen molar-refractivity contribution in [1.29, 1.82) is 5.26 Å². The summed E-state index contributed by atoms with van der Waals surface area (Å²) >= 11 is 0. The number of nitriles is 1. The molecule has 1 rings (SSSR count). The lowest BCUT2D eigenvalue weighted by Gasteiger charge is -2.36. The van der Waals surface area contributed by atoms with E-state index in [1.807, 2.05) is 13.8 Å². The molecule has 2 atom stereocenters. The Balaban J connectivity index is 2.27. The summed E-state index contributed by atoms with van der Waals surface area (Å²) in [6.07, 6.45) is 0.611. The van der Waals surface area contributed by atoms with Gasteiger partial charge in [-0.05, 0) is 13.3 Å². The molecule has 1 aliphatic heterocycles. The fraction of sp³-hybridized carbons (Fsp3) is 0.909. The van der Waals surface area contributed by atoms with E-state index in [9.17, 15) is 5.11 Å². The third-order valence-electron chi connectivity index (χ3n) is 3.08. The maximum Gasteiger partial charge on any atom is 0.0950 e. The minimum absolute atomic E-state index is 0.0169. The van der Waals surface area contributed by atoms with Gasteiger partial charge < -0.3 is 5.11 Å². The van der Waals surface area contributed by atoms with Gasteiger partial charge in [-0.15, -0.1) is 0 Å². The zero-order valence-corrected chi connectivity index (χ0v) is 9.69. The number of piperazine rings is 1. The molecule has 0 saturated carbocycles. The van der Waals surface area contributed by atoms with Gasteiger partial charge in [0.2, 0.25) is 0 Å². The van der Waals surface area contributed by atoms with Gasteiger partial charge in [0.25, 0.3) is 0 Å². The fourth-order valence-electron chi connectivity index (χ4n) is 1.84. The van der Waals surface area contributed by atoms with Crippen molar-refractivity contribution in [2.75, 3.05) is 32.7 Å². The summed E-state index contributed by atoms with van der Waals surface area (Å²) in [4.78, 5) is 4.46. The lowest BCUT2D eigenvalue weighted by Crippen LogP contribution is -2.50. The number of β-amino-alcohol motifs (C(OH)–C–C–N with tert-alkyl or cyclic N) is 1. The van der Waals surface area contributed by atoms with Crippen molar-refractivity contribution >= 4 is 0 Å². The van der Waals surface area contributed by atoms with Crippen molar-refractivity contribution in [3.05, 3.63) is 0 Å². The first-order valence-electron chi connectivity index (χ1n) is 5.71. The van der Waals surface area contributed by atoms with Gasteiger partial charge in [-0.3, -0.25) is 9.80 Å². The van der Waals surface area contributed by atoms with Gasteiger partial charge in [-0.1, -0.05) is 6.92 Å². The molecule has 0 aliphatic carbocycles. The van der Waals surface area contributed by atoms with Crippen molar-refractivity contribution in [3.8, 4) is 6.07 Å². The zero-order chi connectivity index (χ0) is 11.3. The van der Waals surface area contributed by atoms with E-state index in [0.29, 0.717) is 0 Å². The molecule has 1 fully saturated rings. The minimum atomic E-state index is -0.204. The highest BCUT2D eigenvalue weighted by atomic mass is 16.3. The van der Waals surface area contributed by atoms with E-state index in [1.165, 1.54) is 0 Å². The van der Waals surface area contributed by atoms with E-state index in [1.54, 1.807) is 0 Å². The monoisotopic (exact) mass is 211 g/mol. The summed E-state index contributed by atoms with van der Waals surface area (Å²) < 4.78 is 0. The Morgan fingerprint density at radius 1 is 1.33 bits per heavy atom. The lowest BCUT2D eigenvalue weighted by atomic mass is 10.2. The van der Waals surface area contributed by atoms with E-state index >= 15 is 0 Å². The molecular formula is C11H21N3O. The Morgan fingerprint density at radius 2 is 1.93 bits per heavy atom. The summed E-state index contributed by atoms with van der Waals surface area (Å²) in [5.74, 6) is 0. The molecule has 0 spiro atoms. The maximum absolute atomic E-state index is 9.52. The third-order valence-corrected chi connectivity index (χ3v) is 3.08. The molecule has 0 radical (unpaired) electrons. The molecule has 1 N–H and O–H groups in total. The summed E-state index contributed by atoms with van der Waals surface area (Å²) in [5, 5.41) is 18.3. The first-order chi connectivity index (χ1) is 7.17. The Bertz CT molecular complexity index is 218. The second-order valence-electron chi connectivity index (χ2n) is 4.20. The predicted octanol–water partition coefficient (Wildman–Crippen LogP) is 0.287. The minimum Gasteiger partial charge on any atom is -0.392 e. The van der Waals surface area contributed by atoms with Crippen LogP contribution in [0.25, 0.3) is 0 Å². The van der Waals surface area contributed by atoms with Crippen LogP contribution in [-0.4, -0.2) is 59.8 Å². The van der Waals surface area contributed by atoms with Gasteiger partial charge in [-0.25, -0.2) is 0 Å². The van der Waals surface area contributed by atoms with Crippen LogP contribution in [0, 0.1) is 11.3 Å². The highest BCUT2D eigenvalue weighted by Gasteiger charge is 2.21. The molecule has 0 bridgehead atoms. The normalized spacial score (nSPS) is 23.3. The Hall–Kier alpha value is -0.630. The quantitative estimate of drug-likeness (QED) is 0.726. The Labute approximate surface area is 92.1 Å². The van der Waals surface area contributed by atoms with Crippen LogP contribution in [0.15, 0.2) is 0 Å². The summed E-state index contributed by atoms with van der Waals surface area (Å²) in [6, 6.07) is 2.28. The number of nitrogens with zero attached hydrogens (tertiary/aromatic N) is 3. The molecule has 0 aromatic carbocycles. The number of hydrogen-bond acceptors (Lipinski definition) is 4. The molecule has 1 saturated heterocycles. The standard InChI is InChI=1S/C11H21N3O/c1-3-11(15)9-13-4-6-14(7-5-13)10(2)8-12/h10-11,15H,3-7,9H2,1-2H3.